The van der Waals surface area contributed by atoms with E-state index in [4.69, 9.17) is 17.5 Å². The predicted molar refractivity (Wildman–Crippen MR) is 68.3 cm³/mol. The number of carbonyl (C=O) groups is 1. The topological polar surface area (TPSA) is 140 Å². The van der Waals surface area contributed by atoms with Crippen LogP contribution in [0.4, 0.5) is 5.69 Å². The Kier molecular flexibility index (Phi) is 5.11. The van der Waals surface area contributed by atoms with E-state index in [0.29, 0.717) is 0 Å². The van der Waals surface area contributed by atoms with Crippen LogP contribution in [0.3, 0.4) is 0 Å². The van der Waals surface area contributed by atoms with E-state index in [1.165, 1.54) is 6.21 Å². The number of anilines is 1. The first-order valence-electron chi connectivity index (χ1n) is 4.78. The number of nitrogens with zero attached hydrogens (tertiary/aromatic N) is 2. The van der Waals surface area contributed by atoms with E-state index in [9.17, 15) is 4.79 Å². The van der Waals surface area contributed by atoms with Gasteiger partial charge in [-0.2, -0.15) is 18.6 Å². The standard InChI is InChI=1S/C9H8N4O.H2O4S/c14-9-8(6-10-13-9)12-11-7-4-2-1-3-5-7;1-5(2,3)4/h1-6,11H,(H,12,13,14);(H2,1,2,3,4). The fourth-order valence-corrected chi connectivity index (χ4v) is 0.985. The van der Waals surface area contributed by atoms with Gasteiger partial charge in [0, 0.05) is 0 Å². The van der Waals surface area contributed by atoms with Gasteiger partial charge in [0.05, 0.1) is 11.9 Å². The largest absolute Gasteiger partial charge is 0.394 e. The van der Waals surface area contributed by atoms with Crippen LogP contribution in [-0.2, 0) is 15.2 Å². The van der Waals surface area contributed by atoms with E-state index in [0.717, 1.165) is 5.69 Å². The molecule has 1 aromatic carbocycles. The molecule has 1 aliphatic heterocycles. The Labute approximate surface area is 108 Å². The van der Waals surface area contributed by atoms with Gasteiger partial charge in [-0.3, -0.25) is 19.3 Å². The van der Waals surface area contributed by atoms with Gasteiger partial charge in [-0.15, -0.1) is 0 Å². The molecule has 19 heavy (non-hydrogen) atoms. The monoisotopic (exact) mass is 286 g/mol. The molecule has 1 aliphatic rings. The zero-order valence-corrected chi connectivity index (χ0v) is 10.2. The third-order valence-corrected chi connectivity index (χ3v) is 1.66. The van der Waals surface area contributed by atoms with Crippen LogP contribution in [0.25, 0.3) is 0 Å². The van der Waals surface area contributed by atoms with Crippen LogP contribution in [0.15, 0.2) is 40.5 Å². The lowest BCUT2D eigenvalue weighted by molar-refractivity contribution is -0.114. The summed E-state index contributed by atoms with van der Waals surface area (Å²) in [4.78, 5) is 11.0. The number of carbonyl (C=O) groups excluding carboxylic acids is 1. The molecule has 0 spiro atoms. The third-order valence-electron chi connectivity index (χ3n) is 1.66. The van der Waals surface area contributed by atoms with Gasteiger partial charge in [-0.1, -0.05) is 18.2 Å². The summed E-state index contributed by atoms with van der Waals surface area (Å²) in [6.45, 7) is 0. The number of nitrogens with one attached hydrogen (secondary N) is 2. The summed E-state index contributed by atoms with van der Waals surface area (Å²) < 4.78 is 31.6. The fraction of sp³-hybridized carbons (Fsp3) is 0. The highest BCUT2D eigenvalue weighted by Crippen LogP contribution is 2.04. The van der Waals surface area contributed by atoms with Crippen LogP contribution in [0.1, 0.15) is 0 Å². The van der Waals surface area contributed by atoms with Gasteiger partial charge in [0.25, 0.3) is 5.91 Å². The Morgan fingerprint density at radius 1 is 1.21 bits per heavy atom. The Morgan fingerprint density at radius 2 is 1.79 bits per heavy atom. The van der Waals surface area contributed by atoms with Crippen molar-refractivity contribution >= 4 is 33.9 Å². The number of amides is 1. The Bertz CT molecular complexity index is 588. The molecule has 0 radical (unpaired) electrons. The minimum Gasteiger partial charge on any atom is -0.278 e. The summed E-state index contributed by atoms with van der Waals surface area (Å²) in [5, 5.41) is 7.44. The number of para-hydroxylation sites is 1. The number of hydrogen-bond donors (Lipinski definition) is 4. The maximum Gasteiger partial charge on any atom is 0.394 e. The molecule has 0 aromatic heterocycles. The zero-order valence-electron chi connectivity index (χ0n) is 9.39. The summed E-state index contributed by atoms with van der Waals surface area (Å²) in [5.41, 5.74) is 6.12. The lowest BCUT2D eigenvalue weighted by Crippen LogP contribution is -2.20. The minimum atomic E-state index is -4.67. The van der Waals surface area contributed by atoms with Crippen molar-refractivity contribution in [1.82, 2.24) is 5.43 Å². The van der Waals surface area contributed by atoms with Crippen molar-refractivity contribution in [2.45, 2.75) is 0 Å². The van der Waals surface area contributed by atoms with Crippen molar-refractivity contribution in [3.8, 4) is 0 Å². The number of benzene rings is 1. The smallest absolute Gasteiger partial charge is 0.278 e. The van der Waals surface area contributed by atoms with E-state index < -0.39 is 10.4 Å². The first-order valence-corrected chi connectivity index (χ1v) is 6.18. The van der Waals surface area contributed by atoms with Crippen molar-refractivity contribution < 1.29 is 22.3 Å². The molecule has 0 saturated heterocycles. The Balaban J connectivity index is 0.000000312. The molecule has 4 N–H and O–H groups in total. The lowest BCUT2D eigenvalue weighted by atomic mass is 10.3. The molecule has 1 heterocycles. The van der Waals surface area contributed by atoms with Crippen molar-refractivity contribution in [2.75, 3.05) is 5.43 Å². The molecule has 0 bridgehead atoms. The SMILES string of the molecule is O=C1NN=CC1=NNc1ccccc1.O=S(=O)(O)O. The molecule has 0 atom stereocenters. The molecule has 10 heteroatoms. The van der Waals surface area contributed by atoms with Gasteiger partial charge in [0.2, 0.25) is 0 Å². The summed E-state index contributed by atoms with van der Waals surface area (Å²) in [6.07, 6.45) is 1.37. The summed E-state index contributed by atoms with van der Waals surface area (Å²) in [6, 6.07) is 9.38. The van der Waals surface area contributed by atoms with Crippen molar-refractivity contribution in [2.24, 2.45) is 10.2 Å². The van der Waals surface area contributed by atoms with Crippen LogP contribution in [0, 0.1) is 0 Å². The first kappa shape index (κ1) is 14.8. The number of hydrogen-bond acceptors (Lipinski definition) is 6. The van der Waals surface area contributed by atoms with E-state index in [1.807, 2.05) is 30.3 Å². The van der Waals surface area contributed by atoms with Crippen LogP contribution >= 0.6 is 0 Å². The second kappa shape index (κ2) is 6.58. The quantitative estimate of drug-likeness (QED) is 0.442. The molecular weight excluding hydrogens is 276 g/mol. The van der Waals surface area contributed by atoms with Crippen molar-refractivity contribution in [1.29, 1.82) is 0 Å². The zero-order chi connectivity index (χ0) is 14.3. The van der Waals surface area contributed by atoms with Gasteiger partial charge in [-0.05, 0) is 12.1 Å². The van der Waals surface area contributed by atoms with E-state index in [-0.39, 0.29) is 11.6 Å². The summed E-state index contributed by atoms with van der Waals surface area (Å²) >= 11 is 0. The highest BCUT2D eigenvalue weighted by Gasteiger charge is 2.13. The first-order chi connectivity index (χ1) is 8.86. The average molecular weight is 286 g/mol. The van der Waals surface area contributed by atoms with E-state index in [2.05, 4.69) is 21.1 Å². The van der Waals surface area contributed by atoms with Gasteiger partial charge in [-0.25, -0.2) is 5.43 Å². The third kappa shape index (κ3) is 6.88. The van der Waals surface area contributed by atoms with Gasteiger partial charge < -0.3 is 0 Å². The number of hydrazone groups is 2. The second-order valence-corrected chi connectivity index (χ2v) is 4.02. The second-order valence-electron chi connectivity index (χ2n) is 3.12. The van der Waals surface area contributed by atoms with E-state index in [1.54, 1.807) is 0 Å². The van der Waals surface area contributed by atoms with Gasteiger partial charge in [0.1, 0.15) is 0 Å². The number of rotatable bonds is 2. The molecule has 102 valence electrons. The molecule has 1 aromatic rings. The molecule has 0 fully saturated rings. The molecule has 0 saturated carbocycles. The van der Waals surface area contributed by atoms with Crippen LogP contribution in [0.2, 0.25) is 0 Å². The molecule has 9 nitrogen and oxygen atoms in total. The Hall–Kier alpha value is -2.30. The molecule has 2 rings (SSSR count). The maximum absolute atomic E-state index is 11.0. The van der Waals surface area contributed by atoms with Gasteiger partial charge in [0.15, 0.2) is 5.71 Å². The fourth-order valence-electron chi connectivity index (χ4n) is 0.985. The maximum atomic E-state index is 11.0. The highest BCUT2D eigenvalue weighted by atomic mass is 32.3. The molecular formula is C9H10N4O5S. The summed E-state index contributed by atoms with van der Waals surface area (Å²) in [5.74, 6) is -0.298. The van der Waals surface area contributed by atoms with Crippen molar-refractivity contribution in [3.05, 3.63) is 30.3 Å². The molecule has 0 aliphatic carbocycles. The van der Waals surface area contributed by atoms with Gasteiger partial charge >= 0.3 is 10.4 Å². The molecule has 1 amide bonds. The molecule has 0 unspecified atom stereocenters. The Morgan fingerprint density at radius 3 is 2.26 bits per heavy atom. The minimum absolute atomic E-state index is 0.272. The van der Waals surface area contributed by atoms with Crippen LogP contribution < -0.4 is 10.9 Å². The highest BCUT2D eigenvalue weighted by molar-refractivity contribution is 7.79. The van der Waals surface area contributed by atoms with Crippen molar-refractivity contribution in [3.63, 3.8) is 0 Å². The van der Waals surface area contributed by atoms with E-state index >= 15 is 0 Å². The summed E-state index contributed by atoms with van der Waals surface area (Å²) in [7, 11) is -4.67. The average Bonchev–Trinajstić information content (AvgIpc) is 2.71. The predicted octanol–water partition coefficient (Wildman–Crippen LogP) is -0.0827. The lowest BCUT2D eigenvalue weighted by Gasteiger charge is -1.98. The normalized spacial score (nSPS) is 15.7. The van der Waals surface area contributed by atoms with Crippen LogP contribution in [-0.4, -0.2) is 35.4 Å². The van der Waals surface area contributed by atoms with Crippen LogP contribution in [0.5, 0.6) is 0 Å².